The topological polar surface area (TPSA) is 26.3 Å². The summed E-state index contributed by atoms with van der Waals surface area (Å²) in [6, 6.07) is 4.03. The Balaban J connectivity index is 2.27. The quantitative estimate of drug-likeness (QED) is 0.798. The molecule has 1 atom stereocenters. The standard InChI is InChI=1S/C15H20O2/c1-9(2)8-17-14-7-12-5-11(4)15(16)13(12)6-10(14)3/h6-7,9,11H,5,8H2,1-4H3. The molecule has 0 amide bonds. The van der Waals surface area contributed by atoms with Crippen molar-refractivity contribution in [3.63, 3.8) is 0 Å². The maximum Gasteiger partial charge on any atom is 0.166 e. The van der Waals surface area contributed by atoms with Crippen LogP contribution in [-0.4, -0.2) is 12.4 Å². The van der Waals surface area contributed by atoms with Gasteiger partial charge in [-0.3, -0.25) is 4.79 Å². The third kappa shape index (κ3) is 2.36. The van der Waals surface area contributed by atoms with Crippen molar-refractivity contribution in [2.75, 3.05) is 6.61 Å². The number of ketones is 1. The van der Waals surface area contributed by atoms with E-state index in [1.54, 1.807) is 0 Å². The van der Waals surface area contributed by atoms with Gasteiger partial charge in [0.25, 0.3) is 0 Å². The van der Waals surface area contributed by atoms with Crippen LogP contribution in [0.4, 0.5) is 0 Å². The number of rotatable bonds is 3. The average molecular weight is 232 g/mol. The normalized spacial score (nSPS) is 18.6. The highest BCUT2D eigenvalue weighted by atomic mass is 16.5. The molecule has 92 valence electrons. The van der Waals surface area contributed by atoms with Gasteiger partial charge in [0.05, 0.1) is 6.61 Å². The molecule has 1 unspecified atom stereocenters. The summed E-state index contributed by atoms with van der Waals surface area (Å²) in [6.07, 6.45) is 0.854. The molecule has 2 rings (SSSR count). The molecule has 1 aliphatic rings. The second-order valence-electron chi connectivity index (χ2n) is 5.45. The van der Waals surface area contributed by atoms with Crippen molar-refractivity contribution in [2.24, 2.45) is 11.8 Å². The van der Waals surface area contributed by atoms with Crippen molar-refractivity contribution in [3.8, 4) is 5.75 Å². The van der Waals surface area contributed by atoms with Gasteiger partial charge in [0, 0.05) is 11.5 Å². The second-order valence-corrected chi connectivity index (χ2v) is 5.45. The molecule has 0 aromatic heterocycles. The Kier molecular flexibility index (Phi) is 3.23. The van der Waals surface area contributed by atoms with Crippen molar-refractivity contribution in [3.05, 3.63) is 28.8 Å². The molecule has 0 fully saturated rings. The summed E-state index contributed by atoms with van der Waals surface area (Å²) < 4.78 is 5.78. The SMILES string of the molecule is Cc1cc2c(cc1OCC(C)C)CC(C)C2=O. The molecule has 17 heavy (non-hydrogen) atoms. The van der Waals surface area contributed by atoms with Crippen LogP contribution in [0.2, 0.25) is 0 Å². The number of ether oxygens (including phenoxy) is 1. The minimum Gasteiger partial charge on any atom is -0.493 e. The predicted molar refractivity (Wildman–Crippen MR) is 68.7 cm³/mol. The molecule has 1 aliphatic carbocycles. The number of fused-ring (bicyclic) bond motifs is 1. The summed E-state index contributed by atoms with van der Waals surface area (Å²) in [7, 11) is 0. The van der Waals surface area contributed by atoms with Crippen LogP contribution in [-0.2, 0) is 6.42 Å². The molecule has 0 saturated heterocycles. The lowest BCUT2D eigenvalue weighted by Crippen LogP contribution is -2.06. The van der Waals surface area contributed by atoms with Crippen molar-refractivity contribution >= 4 is 5.78 Å². The Morgan fingerprint density at radius 2 is 2.12 bits per heavy atom. The smallest absolute Gasteiger partial charge is 0.166 e. The van der Waals surface area contributed by atoms with Gasteiger partial charge in [-0.05, 0) is 42.5 Å². The Hall–Kier alpha value is -1.31. The van der Waals surface area contributed by atoms with Crippen LogP contribution in [0.25, 0.3) is 0 Å². The van der Waals surface area contributed by atoms with E-state index in [2.05, 4.69) is 19.9 Å². The van der Waals surface area contributed by atoms with Gasteiger partial charge in [0.15, 0.2) is 5.78 Å². The Morgan fingerprint density at radius 3 is 2.76 bits per heavy atom. The van der Waals surface area contributed by atoms with E-state index in [1.807, 2.05) is 19.9 Å². The second kappa shape index (κ2) is 4.52. The lowest BCUT2D eigenvalue weighted by atomic mass is 10.1. The summed E-state index contributed by atoms with van der Waals surface area (Å²) in [6.45, 7) is 8.99. The first-order chi connectivity index (χ1) is 7.99. The first-order valence-electron chi connectivity index (χ1n) is 6.29. The van der Waals surface area contributed by atoms with E-state index < -0.39 is 0 Å². The minimum absolute atomic E-state index is 0.129. The fraction of sp³-hybridized carbons (Fsp3) is 0.533. The largest absolute Gasteiger partial charge is 0.493 e. The summed E-state index contributed by atoms with van der Waals surface area (Å²) in [5, 5.41) is 0. The molecule has 1 aromatic rings. The highest BCUT2D eigenvalue weighted by molar-refractivity contribution is 6.02. The lowest BCUT2D eigenvalue weighted by Gasteiger charge is -2.12. The van der Waals surface area contributed by atoms with Gasteiger partial charge < -0.3 is 4.74 Å². The van der Waals surface area contributed by atoms with E-state index in [4.69, 9.17) is 4.74 Å². The highest BCUT2D eigenvalue weighted by Crippen LogP contribution is 2.32. The maximum absolute atomic E-state index is 11.9. The third-order valence-electron chi connectivity index (χ3n) is 3.21. The van der Waals surface area contributed by atoms with Gasteiger partial charge in [-0.2, -0.15) is 0 Å². The van der Waals surface area contributed by atoms with Gasteiger partial charge in [0.2, 0.25) is 0 Å². The van der Waals surface area contributed by atoms with E-state index in [-0.39, 0.29) is 11.7 Å². The zero-order chi connectivity index (χ0) is 12.6. The number of aryl methyl sites for hydroxylation is 1. The van der Waals surface area contributed by atoms with Crippen LogP contribution < -0.4 is 4.74 Å². The average Bonchev–Trinajstić information content (AvgIpc) is 2.52. The van der Waals surface area contributed by atoms with Crippen LogP contribution in [0.3, 0.4) is 0 Å². The molecule has 1 aromatic carbocycles. The third-order valence-corrected chi connectivity index (χ3v) is 3.21. The molecule has 0 saturated carbocycles. The monoisotopic (exact) mass is 232 g/mol. The molecule has 0 N–H and O–H groups in total. The molecule has 0 bridgehead atoms. The molecular weight excluding hydrogens is 212 g/mol. The highest BCUT2D eigenvalue weighted by Gasteiger charge is 2.27. The number of Topliss-reactive ketones (excluding diaryl/α,β-unsaturated/α-hetero) is 1. The predicted octanol–water partition coefficient (Wildman–Crippen LogP) is 3.40. The number of carbonyl (C=O) groups is 1. The van der Waals surface area contributed by atoms with Crippen LogP contribution >= 0.6 is 0 Å². The molecule has 0 aliphatic heterocycles. The zero-order valence-electron chi connectivity index (χ0n) is 11.0. The molecule has 0 spiro atoms. The van der Waals surface area contributed by atoms with E-state index in [0.717, 1.165) is 35.5 Å². The molecule has 0 heterocycles. The van der Waals surface area contributed by atoms with Crippen LogP contribution in [0.15, 0.2) is 12.1 Å². The summed E-state index contributed by atoms with van der Waals surface area (Å²) >= 11 is 0. The molecule has 2 heteroatoms. The van der Waals surface area contributed by atoms with E-state index in [1.165, 1.54) is 0 Å². The number of benzene rings is 1. The zero-order valence-corrected chi connectivity index (χ0v) is 11.0. The van der Waals surface area contributed by atoms with Gasteiger partial charge >= 0.3 is 0 Å². The summed E-state index contributed by atoms with van der Waals surface area (Å²) in [4.78, 5) is 11.9. The fourth-order valence-electron chi connectivity index (χ4n) is 2.23. The van der Waals surface area contributed by atoms with Gasteiger partial charge in [-0.15, -0.1) is 0 Å². The minimum atomic E-state index is 0.129. The Bertz CT molecular complexity index is 446. The number of carbonyl (C=O) groups excluding carboxylic acids is 1. The fourth-order valence-corrected chi connectivity index (χ4v) is 2.23. The van der Waals surface area contributed by atoms with Crippen molar-refractivity contribution in [1.82, 2.24) is 0 Å². The number of hydrogen-bond acceptors (Lipinski definition) is 2. The van der Waals surface area contributed by atoms with Crippen molar-refractivity contribution in [1.29, 1.82) is 0 Å². The van der Waals surface area contributed by atoms with Crippen molar-refractivity contribution < 1.29 is 9.53 Å². The first-order valence-corrected chi connectivity index (χ1v) is 6.29. The van der Waals surface area contributed by atoms with Gasteiger partial charge in [-0.1, -0.05) is 20.8 Å². The van der Waals surface area contributed by atoms with Crippen LogP contribution in [0.5, 0.6) is 5.75 Å². The maximum atomic E-state index is 11.9. The summed E-state index contributed by atoms with van der Waals surface area (Å²) in [5.41, 5.74) is 3.10. The van der Waals surface area contributed by atoms with E-state index in [0.29, 0.717) is 5.92 Å². The van der Waals surface area contributed by atoms with E-state index in [9.17, 15) is 4.79 Å². The lowest BCUT2D eigenvalue weighted by molar-refractivity contribution is 0.0946. The molecule has 2 nitrogen and oxygen atoms in total. The number of hydrogen-bond donors (Lipinski definition) is 0. The van der Waals surface area contributed by atoms with Crippen LogP contribution in [0.1, 0.15) is 42.3 Å². The molecule has 0 radical (unpaired) electrons. The summed E-state index contributed by atoms with van der Waals surface area (Å²) in [5.74, 6) is 1.85. The molecular formula is C15H20O2. The van der Waals surface area contributed by atoms with Crippen LogP contribution in [0, 0.1) is 18.8 Å². The Morgan fingerprint density at radius 1 is 1.41 bits per heavy atom. The Labute approximate surface area is 103 Å². The first kappa shape index (κ1) is 12.2. The van der Waals surface area contributed by atoms with Gasteiger partial charge in [-0.25, -0.2) is 0 Å². The van der Waals surface area contributed by atoms with Gasteiger partial charge in [0.1, 0.15) is 5.75 Å². The van der Waals surface area contributed by atoms with E-state index >= 15 is 0 Å². The van der Waals surface area contributed by atoms with Crippen molar-refractivity contribution in [2.45, 2.75) is 34.1 Å².